The average Bonchev–Trinajstić information content (AvgIpc) is 3.44. The molecule has 0 aliphatic heterocycles. The lowest BCUT2D eigenvalue weighted by molar-refractivity contribution is -0.167. The molecule has 0 aromatic carbocycles. The fourth-order valence-corrected chi connectivity index (χ4v) is 8.58. The van der Waals surface area contributed by atoms with Crippen LogP contribution in [0.15, 0.2) is 134 Å². The van der Waals surface area contributed by atoms with Crippen molar-refractivity contribution in [3.63, 3.8) is 0 Å². The number of carbonyl (C=O) groups excluding carboxylic acids is 3. The van der Waals surface area contributed by atoms with E-state index in [1.54, 1.807) is 0 Å². The van der Waals surface area contributed by atoms with Crippen molar-refractivity contribution in [1.29, 1.82) is 0 Å². The predicted octanol–water partition coefficient (Wildman–Crippen LogP) is 22.2. The van der Waals surface area contributed by atoms with Crippen LogP contribution in [-0.2, 0) is 28.6 Å². The molecule has 1 unspecified atom stereocenters. The van der Waals surface area contributed by atoms with Crippen molar-refractivity contribution >= 4 is 17.9 Å². The van der Waals surface area contributed by atoms with Gasteiger partial charge in [0.15, 0.2) is 6.10 Å². The van der Waals surface area contributed by atoms with Crippen molar-refractivity contribution < 1.29 is 28.6 Å². The highest BCUT2D eigenvalue weighted by Gasteiger charge is 2.19. The van der Waals surface area contributed by atoms with E-state index in [4.69, 9.17) is 14.2 Å². The first kappa shape index (κ1) is 73.5. The lowest BCUT2D eigenvalue weighted by Gasteiger charge is -2.18. The van der Waals surface area contributed by atoms with E-state index in [0.717, 1.165) is 135 Å². The van der Waals surface area contributed by atoms with Crippen LogP contribution in [0.3, 0.4) is 0 Å². The second kappa shape index (κ2) is 65.1. The van der Waals surface area contributed by atoms with Gasteiger partial charge >= 0.3 is 17.9 Å². The SMILES string of the molecule is CC/C=C\C/C=C\C/C=C\C/C=C\C/C=C\C/C=C\C/C=C\C/C=C\C/C=C\CCCCCC(=O)OCC(COC(=O)CCCCCCCCCCCCC)OC(=O)CCCCCCCCC/C=C\C/C=C\CCCCCC. The number of unbranched alkanes of at least 4 members (excludes halogenated alkanes) is 24. The number of allylic oxidation sites excluding steroid dienone is 22. The van der Waals surface area contributed by atoms with Crippen LogP contribution >= 0.6 is 0 Å². The number of esters is 3. The smallest absolute Gasteiger partial charge is 0.306 e. The summed E-state index contributed by atoms with van der Waals surface area (Å²) >= 11 is 0. The molecular weight excluding hydrogens is 961 g/mol. The third-order valence-electron chi connectivity index (χ3n) is 13.4. The van der Waals surface area contributed by atoms with Crippen LogP contribution in [0.4, 0.5) is 0 Å². The van der Waals surface area contributed by atoms with E-state index in [1.165, 1.54) is 109 Å². The maximum atomic E-state index is 12.9. The van der Waals surface area contributed by atoms with E-state index < -0.39 is 6.10 Å². The Morgan fingerprint density at radius 1 is 0.269 bits per heavy atom. The second-order valence-electron chi connectivity index (χ2n) is 20.9. The molecule has 0 bridgehead atoms. The van der Waals surface area contributed by atoms with E-state index >= 15 is 0 Å². The third kappa shape index (κ3) is 62.4. The Hall–Kier alpha value is -4.45. The molecule has 0 spiro atoms. The third-order valence-corrected chi connectivity index (χ3v) is 13.4. The first-order chi connectivity index (χ1) is 38.5. The molecule has 6 heteroatoms. The molecule has 0 N–H and O–H groups in total. The fraction of sp³-hybridized carbons (Fsp3) is 0.653. The summed E-state index contributed by atoms with van der Waals surface area (Å²) in [5.41, 5.74) is 0. The summed E-state index contributed by atoms with van der Waals surface area (Å²) in [6.07, 6.45) is 91.7. The van der Waals surface area contributed by atoms with Crippen LogP contribution < -0.4 is 0 Å². The summed E-state index contributed by atoms with van der Waals surface area (Å²) in [5, 5.41) is 0. The summed E-state index contributed by atoms with van der Waals surface area (Å²) in [5.74, 6) is -0.934. The summed E-state index contributed by atoms with van der Waals surface area (Å²) in [6, 6.07) is 0. The summed E-state index contributed by atoms with van der Waals surface area (Å²) < 4.78 is 16.9. The minimum Gasteiger partial charge on any atom is -0.462 e. The molecule has 1 atom stereocenters. The van der Waals surface area contributed by atoms with Crippen molar-refractivity contribution in [3.05, 3.63) is 134 Å². The van der Waals surface area contributed by atoms with Crippen molar-refractivity contribution in [2.24, 2.45) is 0 Å². The molecule has 0 amide bonds. The molecule has 0 heterocycles. The van der Waals surface area contributed by atoms with E-state index in [0.29, 0.717) is 19.3 Å². The van der Waals surface area contributed by atoms with Gasteiger partial charge in [-0.05, 0) is 122 Å². The molecule has 6 nitrogen and oxygen atoms in total. The quantitative estimate of drug-likeness (QED) is 0.0261. The second-order valence-corrected chi connectivity index (χ2v) is 20.9. The van der Waals surface area contributed by atoms with Crippen molar-refractivity contribution in [2.75, 3.05) is 13.2 Å². The zero-order chi connectivity index (χ0) is 56.4. The van der Waals surface area contributed by atoms with Gasteiger partial charge in [-0.2, -0.15) is 0 Å². The molecule has 0 aliphatic carbocycles. The van der Waals surface area contributed by atoms with Crippen LogP contribution in [0.5, 0.6) is 0 Å². The Bertz CT molecular complexity index is 1670. The van der Waals surface area contributed by atoms with Crippen molar-refractivity contribution in [1.82, 2.24) is 0 Å². The number of hydrogen-bond donors (Lipinski definition) is 0. The molecule has 0 saturated carbocycles. The standard InChI is InChI=1S/C72H118O6/c1-4-7-10-13-16-19-22-24-26-28-30-31-32-33-34-35-36-37-38-39-40-41-42-44-45-47-50-53-56-59-62-65-71(74)77-68-69(67-76-70(73)64-61-58-55-52-49-21-18-15-12-9-6-3)78-72(75)66-63-60-57-54-51-48-46-43-29-27-25-23-20-17-14-11-8-5-2/h7,10,16,19-20,23-24,26-27,29-31,33-34,36-37,39-40,42,44,47,50,69H,4-6,8-9,11-15,17-18,21-22,25,28,32,35,38,41,43,45-46,48-49,51-68H2,1-3H3/b10-7-,19-16-,23-20-,26-24-,29-27-,31-30-,34-33-,37-36-,40-39-,44-42-,50-47-. The molecule has 0 aromatic rings. The minimum atomic E-state index is -0.799. The molecule has 0 aliphatic rings. The van der Waals surface area contributed by atoms with E-state index in [2.05, 4.69) is 154 Å². The maximum absolute atomic E-state index is 12.9. The Balaban J connectivity index is 4.36. The molecule has 0 radical (unpaired) electrons. The summed E-state index contributed by atoms with van der Waals surface area (Å²) in [4.78, 5) is 38.2. The molecule has 442 valence electrons. The largest absolute Gasteiger partial charge is 0.462 e. The highest BCUT2D eigenvalue weighted by molar-refractivity contribution is 5.71. The number of rotatable bonds is 57. The van der Waals surface area contributed by atoms with Crippen LogP contribution in [0, 0.1) is 0 Å². The molecule has 0 saturated heterocycles. The zero-order valence-corrected chi connectivity index (χ0v) is 50.6. The van der Waals surface area contributed by atoms with Gasteiger partial charge < -0.3 is 14.2 Å². The molecule has 0 aromatic heterocycles. The van der Waals surface area contributed by atoms with Gasteiger partial charge in [-0.25, -0.2) is 0 Å². The van der Waals surface area contributed by atoms with E-state index in [9.17, 15) is 14.4 Å². The van der Waals surface area contributed by atoms with Crippen molar-refractivity contribution in [3.8, 4) is 0 Å². The Morgan fingerprint density at radius 2 is 0.500 bits per heavy atom. The van der Waals surface area contributed by atoms with E-state index in [-0.39, 0.29) is 31.1 Å². The van der Waals surface area contributed by atoms with Gasteiger partial charge in [0, 0.05) is 19.3 Å². The Kier molecular flexibility index (Phi) is 61.4. The molecule has 0 rings (SSSR count). The minimum absolute atomic E-state index is 0.0931. The lowest BCUT2D eigenvalue weighted by Crippen LogP contribution is -2.30. The lowest BCUT2D eigenvalue weighted by atomic mass is 10.1. The maximum Gasteiger partial charge on any atom is 0.306 e. The molecular formula is C72H118O6. The van der Waals surface area contributed by atoms with Gasteiger partial charge in [-0.1, -0.05) is 276 Å². The van der Waals surface area contributed by atoms with Crippen LogP contribution in [0.2, 0.25) is 0 Å². The zero-order valence-electron chi connectivity index (χ0n) is 50.6. The van der Waals surface area contributed by atoms with Crippen LogP contribution in [-0.4, -0.2) is 37.2 Å². The van der Waals surface area contributed by atoms with Crippen LogP contribution in [0.25, 0.3) is 0 Å². The average molecular weight is 1080 g/mol. The van der Waals surface area contributed by atoms with Gasteiger partial charge in [-0.3, -0.25) is 14.4 Å². The van der Waals surface area contributed by atoms with Gasteiger partial charge in [0.05, 0.1) is 0 Å². The Morgan fingerprint density at radius 3 is 0.808 bits per heavy atom. The number of ether oxygens (including phenoxy) is 3. The number of carbonyl (C=O) groups is 3. The van der Waals surface area contributed by atoms with Gasteiger partial charge in [0.25, 0.3) is 0 Å². The summed E-state index contributed by atoms with van der Waals surface area (Å²) in [6.45, 7) is 6.47. The fourth-order valence-electron chi connectivity index (χ4n) is 8.58. The highest BCUT2D eigenvalue weighted by atomic mass is 16.6. The molecule has 0 fully saturated rings. The topological polar surface area (TPSA) is 78.9 Å². The highest BCUT2D eigenvalue weighted by Crippen LogP contribution is 2.15. The number of hydrogen-bond acceptors (Lipinski definition) is 6. The van der Waals surface area contributed by atoms with Gasteiger partial charge in [0.1, 0.15) is 13.2 Å². The normalized spacial score (nSPS) is 13.0. The van der Waals surface area contributed by atoms with Crippen LogP contribution in [0.1, 0.15) is 284 Å². The van der Waals surface area contributed by atoms with Gasteiger partial charge in [0.2, 0.25) is 0 Å². The van der Waals surface area contributed by atoms with E-state index in [1.807, 2.05) is 0 Å². The Labute approximate surface area is 481 Å². The summed E-state index contributed by atoms with van der Waals surface area (Å²) in [7, 11) is 0. The van der Waals surface area contributed by atoms with Gasteiger partial charge in [-0.15, -0.1) is 0 Å². The monoisotopic (exact) mass is 1080 g/mol. The first-order valence-corrected chi connectivity index (χ1v) is 32.2. The predicted molar refractivity (Wildman–Crippen MR) is 339 cm³/mol. The first-order valence-electron chi connectivity index (χ1n) is 32.2. The molecule has 78 heavy (non-hydrogen) atoms. The van der Waals surface area contributed by atoms with Crippen molar-refractivity contribution in [2.45, 2.75) is 290 Å².